The van der Waals surface area contributed by atoms with E-state index < -0.39 is 0 Å². The standard InChI is InChI=1S/C14H19ClFN/c1-11-8-14(16)3-2-13(11)10-17-6-4-12(9-15)5-7-17/h2-3,8,12H,4-7,9-10H2,1H3. The summed E-state index contributed by atoms with van der Waals surface area (Å²) in [7, 11) is 0. The van der Waals surface area contributed by atoms with Crippen LogP contribution in [0, 0.1) is 18.7 Å². The number of piperidine rings is 1. The SMILES string of the molecule is Cc1cc(F)ccc1CN1CCC(CCl)CC1. The summed E-state index contributed by atoms with van der Waals surface area (Å²) < 4.78 is 13.0. The lowest BCUT2D eigenvalue weighted by atomic mass is 9.98. The second-order valence-corrected chi connectivity index (χ2v) is 5.25. The smallest absolute Gasteiger partial charge is 0.123 e. The molecule has 0 amide bonds. The van der Waals surface area contributed by atoms with Gasteiger partial charge in [-0.3, -0.25) is 4.90 Å². The zero-order chi connectivity index (χ0) is 12.3. The molecule has 1 fully saturated rings. The van der Waals surface area contributed by atoms with Gasteiger partial charge in [-0.15, -0.1) is 11.6 Å². The molecule has 0 atom stereocenters. The largest absolute Gasteiger partial charge is 0.299 e. The Morgan fingerprint density at radius 1 is 1.35 bits per heavy atom. The van der Waals surface area contributed by atoms with Crippen molar-refractivity contribution in [3.05, 3.63) is 35.1 Å². The van der Waals surface area contributed by atoms with E-state index in [1.807, 2.05) is 13.0 Å². The van der Waals surface area contributed by atoms with E-state index in [1.165, 1.54) is 18.4 Å². The van der Waals surface area contributed by atoms with E-state index in [0.717, 1.165) is 31.1 Å². The van der Waals surface area contributed by atoms with Gasteiger partial charge in [0.15, 0.2) is 0 Å². The van der Waals surface area contributed by atoms with Crippen molar-refractivity contribution in [1.29, 1.82) is 0 Å². The zero-order valence-electron chi connectivity index (χ0n) is 10.3. The topological polar surface area (TPSA) is 3.24 Å². The molecule has 1 heterocycles. The molecule has 1 aliphatic heterocycles. The number of hydrogen-bond donors (Lipinski definition) is 0. The number of rotatable bonds is 3. The lowest BCUT2D eigenvalue weighted by molar-refractivity contribution is 0.186. The van der Waals surface area contributed by atoms with Crippen LogP contribution in [0.15, 0.2) is 18.2 Å². The van der Waals surface area contributed by atoms with Gasteiger partial charge in [0.05, 0.1) is 0 Å². The number of halogens is 2. The van der Waals surface area contributed by atoms with Gasteiger partial charge in [0, 0.05) is 12.4 Å². The molecule has 1 nitrogen and oxygen atoms in total. The first kappa shape index (κ1) is 12.8. The van der Waals surface area contributed by atoms with Gasteiger partial charge in [-0.05, 0) is 62.0 Å². The van der Waals surface area contributed by atoms with Gasteiger partial charge in [0.25, 0.3) is 0 Å². The minimum atomic E-state index is -0.146. The molecule has 0 aromatic heterocycles. The van der Waals surface area contributed by atoms with Crippen molar-refractivity contribution < 1.29 is 4.39 Å². The summed E-state index contributed by atoms with van der Waals surface area (Å²) in [6.07, 6.45) is 2.37. The molecule has 1 saturated heterocycles. The van der Waals surface area contributed by atoms with E-state index >= 15 is 0 Å². The summed E-state index contributed by atoms with van der Waals surface area (Å²) in [5.41, 5.74) is 2.28. The van der Waals surface area contributed by atoms with Crippen LogP contribution in [0.3, 0.4) is 0 Å². The molecule has 0 saturated carbocycles. The third-order valence-corrected chi connectivity index (χ3v) is 4.06. The Kier molecular flexibility index (Phi) is 4.41. The number of benzene rings is 1. The number of alkyl halides is 1. The zero-order valence-corrected chi connectivity index (χ0v) is 11.0. The summed E-state index contributed by atoms with van der Waals surface area (Å²) >= 11 is 5.87. The van der Waals surface area contributed by atoms with Crippen molar-refractivity contribution in [3.8, 4) is 0 Å². The van der Waals surface area contributed by atoms with Crippen molar-refractivity contribution in [2.75, 3.05) is 19.0 Å². The average molecular weight is 256 g/mol. The van der Waals surface area contributed by atoms with E-state index in [1.54, 1.807) is 12.1 Å². The van der Waals surface area contributed by atoms with E-state index in [9.17, 15) is 4.39 Å². The van der Waals surface area contributed by atoms with Gasteiger partial charge < -0.3 is 0 Å². The summed E-state index contributed by atoms with van der Waals surface area (Å²) in [6, 6.07) is 5.06. The van der Waals surface area contributed by atoms with Gasteiger partial charge in [-0.1, -0.05) is 6.07 Å². The average Bonchev–Trinajstić information content (AvgIpc) is 2.34. The Labute approximate surface area is 108 Å². The Morgan fingerprint density at radius 2 is 2.06 bits per heavy atom. The molecule has 1 aliphatic rings. The molecule has 94 valence electrons. The summed E-state index contributed by atoms with van der Waals surface area (Å²) in [5, 5.41) is 0. The monoisotopic (exact) mass is 255 g/mol. The third-order valence-electron chi connectivity index (χ3n) is 3.62. The minimum absolute atomic E-state index is 0.146. The minimum Gasteiger partial charge on any atom is -0.299 e. The van der Waals surface area contributed by atoms with Crippen LogP contribution in [0.25, 0.3) is 0 Å². The molecular weight excluding hydrogens is 237 g/mol. The van der Waals surface area contributed by atoms with Crippen molar-refractivity contribution in [1.82, 2.24) is 4.90 Å². The normalized spacial score (nSPS) is 18.5. The van der Waals surface area contributed by atoms with Crippen molar-refractivity contribution in [2.24, 2.45) is 5.92 Å². The van der Waals surface area contributed by atoms with Crippen molar-refractivity contribution in [3.63, 3.8) is 0 Å². The fourth-order valence-electron chi connectivity index (χ4n) is 2.38. The van der Waals surface area contributed by atoms with Crippen LogP contribution in [-0.4, -0.2) is 23.9 Å². The van der Waals surface area contributed by atoms with Crippen LogP contribution in [0.4, 0.5) is 4.39 Å². The lowest BCUT2D eigenvalue weighted by Gasteiger charge is -2.31. The second kappa shape index (κ2) is 5.83. The Hall–Kier alpha value is -0.600. The number of nitrogens with zero attached hydrogens (tertiary/aromatic N) is 1. The maximum Gasteiger partial charge on any atom is 0.123 e. The highest BCUT2D eigenvalue weighted by molar-refractivity contribution is 6.18. The van der Waals surface area contributed by atoms with Crippen LogP contribution in [0.5, 0.6) is 0 Å². The molecule has 2 rings (SSSR count). The van der Waals surface area contributed by atoms with Crippen LogP contribution >= 0.6 is 11.6 Å². The third kappa shape index (κ3) is 3.43. The lowest BCUT2D eigenvalue weighted by Crippen LogP contribution is -2.33. The molecule has 1 aromatic carbocycles. The summed E-state index contributed by atoms with van der Waals surface area (Å²) in [4.78, 5) is 2.43. The first-order valence-electron chi connectivity index (χ1n) is 6.22. The highest BCUT2D eigenvalue weighted by Gasteiger charge is 2.18. The molecule has 0 bridgehead atoms. The quantitative estimate of drug-likeness (QED) is 0.747. The Morgan fingerprint density at radius 3 is 2.65 bits per heavy atom. The van der Waals surface area contributed by atoms with E-state index in [0.29, 0.717) is 5.92 Å². The summed E-state index contributed by atoms with van der Waals surface area (Å²) in [6.45, 7) is 5.12. The summed E-state index contributed by atoms with van der Waals surface area (Å²) in [5.74, 6) is 1.32. The molecule has 0 radical (unpaired) electrons. The van der Waals surface area contributed by atoms with Crippen LogP contribution in [0.1, 0.15) is 24.0 Å². The fourth-order valence-corrected chi connectivity index (χ4v) is 2.69. The molecule has 0 spiro atoms. The predicted octanol–water partition coefficient (Wildman–Crippen LogP) is 3.58. The molecule has 17 heavy (non-hydrogen) atoms. The Balaban J connectivity index is 1.93. The van der Waals surface area contributed by atoms with Crippen LogP contribution in [-0.2, 0) is 6.54 Å². The Bertz CT molecular complexity index is 372. The van der Waals surface area contributed by atoms with Crippen LogP contribution < -0.4 is 0 Å². The number of hydrogen-bond acceptors (Lipinski definition) is 1. The molecule has 1 aromatic rings. The molecule has 0 N–H and O–H groups in total. The van der Waals surface area contributed by atoms with E-state index in [2.05, 4.69) is 4.90 Å². The van der Waals surface area contributed by atoms with Gasteiger partial charge in [0.2, 0.25) is 0 Å². The number of likely N-dealkylation sites (tertiary alicyclic amines) is 1. The van der Waals surface area contributed by atoms with Crippen LogP contribution in [0.2, 0.25) is 0 Å². The number of aryl methyl sites for hydroxylation is 1. The van der Waals surface area contributed by atoms with Crippen molar-refractivity contribution >= 4 is 11.6 Å². The van der Waals surface area contributed by atoms with Gasteiger partial charge in [0.1, 0.15) is 5.82 Å². The van der Waals surface area contributed by atoms with Crippen molar-refractivity contribution in [2.45, 2.75) is 26.3 Å². The molecule has 0 unspecified atom stereocenters. The van der Waals surface area contributed by atoms with E-state index in [-0.39, 0.29) is 5.82 Å². The molecule has 3 heteroatoms. The van der Waals surface area contributed by atoms with Gasteiger partial charge in [-0.2, -0.15) is 0 Å². The predicted molar refractivity (Wildman–Crippen MR) is 69.9 cm³/mol. The first-order valence-corrected chi connectivity index (χ1v) is 6.76. The van der Waals surface area contributed by atoms with Gasteiger partial charge >= 0.3 is 0 Å². The van der Waals surface area contributed by atoms with Gasteiger partial charge in [-0.25, -0.2) is 4.39 Å². The molecular formula is C14H19ClFN. The fraction of sp³-hybridized carbons (Fsp3) is 0.571. The second-order valence-electron chi connectivity index (χ2n) is 4.94. The first-order chi connectivity index (χ1) is 8.19. The van der Waals surface area contributed by atoms with E-state index in [4.69, 9.17) is 11.6 Å². The molecule has 0 aliphatic carbocycles. The highest BCUT2D eigenvalue weighted by atomic mass is 35.5. The highest BCUT2D eigenvalue weighted by Crippen LogP contribution is 2.21. The maximum absolute atomic E-state index is 13.0. The maximum atomic E-state index is 13.0.